The van der Waals surface area contributed by atoms with Gasteiger partial charge >= 0.3 is 0 Å². The summed E-state index contributed by atoms with van der Waals surface area (Å²) in [5, 5.41) is 13.8. The number of nitro groups is 1. The number of benzene rings is 1. The van der Waals surface area contributed by atoms with Gasteiger partial charge in [-0.3, -0.25) is 10.1 Å². The Balaban J connectivity index is 2.76. The predicted octanol–water partition coefficient (Wildman–Crippen LogP) is 2.40. The first-order valence-electron chi connectivity index (χ1n) is 5.77. The fourth-order valence-corrected chi connectivity index (χ4v) is 1.60. The van der Waals surface area contributed by atoms with Crippen LogP contribution in [0, 0.1) is 10.1 Å². The summed E-state index contributed by atoms with van der Waals surface area (Å²) in [5.74, 6) is 0. The maximum Gasteiger partial charge on any atom is 0.273 e. The van der Waals surface area contributed by atoms with Gasteiger partial charge in [0.2, 0.25) is 0 Å². The third kappa shape index (κ3) is 4.21. The van der Waals surface area contributed by atoms with Crippen LogP contribution < -0.4 is 11.1 Å². The van der Waals surface area contributed by atoms with Gasteiger partial charge in [-0.15, -0.1) is 0 Å². The normalized spacial score (nSPS) is 11.3. The lowest BCUT2D eigenvalue weighted by atomic mass is 10.1. The van der Waals surface area contributed by atoms with Crippen molar-refractivity contribution in [2.24, 2.45) is 0 Å². The molecule has 1 aromatic rings. The van der Waals surface area contributed by atoms with Crippen molar-refractivity contribution in [3.63, 3.8) is 0 Å². The van der Waals surface area contributed by atoms with Gasteiger partial charge in [0.25, 0.3) is 5.69 Å². The van der Waals surface area contributed by atoms with Crippen LogP contribution in [0.2, 0.25) is 0 Å². The minimum atomic E-state index is -0.463. The molecule has 0 radical (unpaired) electrons. The number of hydrogen-bond acceptors (Lipinski definition) is 5. The molecule has 6 nitrogen and oxygen atoms in total. The highest BCUT2D eigenvalue weighted by Crippen LogP contribution is 2.23. The van der Waals surface area contributed by atoms with E-state index in [-0.39, 0.29) is 11.3 Å². The Morgan fingerprint density at radius 3 is 2.67 bits per heavy atom. The van der Waals surface area contributed by atoms with Crippen molar-refractivity contribution in [3.8, 4) is 0 Å². The molecule has 0 amide bonds. The molecule has 0 spiro atoms. The van der Waals surface area contributed by atoms with Crippen molar-refractivity contribution in [2.45, 2.75) is 26.4 Å². The van der Waals surface area contributed by atoms with E-state index in [1.807, 2.05) is 20.8 Å². The topological polar surface area (TPSA) is 90.4 Å². The average molecular weight is 253 g/mol. The number of hydrogen-bond donors (Lipinski definition) is 2. The van der Waals surface area contributed by atoms with Crippen LogP contribution in [0.4, 0.5) is 17.1 Å². The largest absolute Gasteiger partial charge is 0.398 e. The number of rotatable bonds is 6. The van der Waals surface area contributed by atoms with Crippen molar-refractivity contribution in [1.29, 1.82) is 0 Å². The van der Waals surface area contributed by atoms with Crippen LogP contribution in [-0.4, -0.2) is 23.7 Å². The van der Waals surface area contributed by atoms with Crippen molar-refractivity contribution < 1.29 is 9.66 Å². The summed E-state index contributed by atoms with van der Waals surface area (Å²) in [5.41, 5.74) is 6.24. The molecule has 6 heteroatoms. The molecule has 0 aliphatic carbocycles. The summed E-state index contributed by atoms with van der Waals surface area (Å²) in [4.78, 5) is 10.2. The van der Waals surface area contributed by atoms with Gasteiger partial charge in [0, 0.05) is 36.7 Å². The van der Waals surface area contributed by atoms with E-state index in [1.165, 1.54) is 12.1 Å². The highest BCUT2D eigenvalue weighted by Gasteiger charge is 2.17. The van der Waals surface area contributed by atoms with Gasteiger partial charge in [0.1, 0.15) is 0 Å². The molecule has 0 bridgehead atoms. The molecular weight excluding hydrogens is 234 g/mol. The number of nitro benzene ring substituents is 1. The quantitative estimate of drug-likeness (QED) is 0.461. The van der Waals surface area contributed by atoms with E-state index in [4.69, 9.17) is 10.5 Å². The number of nitrogen functional groups attached to an aromatic ring is 1. The number of anilines is 2. The molecule has 3 N–H and O–H groups in total. The number of ether oxygens (including phenoxy) is 1. The summed E-state index contributed by atoms with van der Waals surface area (Å²) in [6.45, 7) is 6.98. The van der Waals surface area contributed by atoms with Gasteiger partial charge < -0.3 is 15.8 Å². The lowest BCUT2D eigenvalue weighted by Crippen LogP contribution is -2.33. The first-order chi connectivity index (χ1) is 8.34. The minimum Gasteiger partial charge on any atom is -0.398 e. The molecule has 100 valence electrons. The Kier molecular flexibility index (Phi) is 4.49. The number of nitrogens with one attached hydrogen (secondary N) is 1. The van der Waals surface area contributed by atoms with Crippen LogP contribution >= 0.6 is 0 Å². The molecule has 0 saturated heterocycles. The van der Waals surface area contributed by atoms with Gasteiger partial charge in [-0.2, -0.15) is 0 Å². The Labute approximate surface area is 106 Å². The highest BCUT2D eigenvalue weighted by atomic mass is 16.6. The summed E-state index contributed by atoms with van der Waals surface area (Å²) in [6.07, 6.45) is 0. The number of non-ortho nitro benzene ring substituents is 1. The molecule has 0 unspecified atom stereocenters. The lowest BCUT2D eigenvalue weighted by Gasteiger charge is -2.25. The molecule has 1 rings (SSSR count). The Hall–Kier alpha value is -1.82. The van der Waals surface area contributed by atoms with Gasteiger partial charge in [0.05, 0.1) is 10.5 Å². The fraction of sp³-hybridized carbons (Fsp3) is 0.500. The molecule has 0 heterocycles. The first-order valence-corrected chi connectivity index (χ1v) is 5.77. The van der Waals surface area contributed by atoms with E-state index in [2.05, 4.69) is 5.32 Å². The third-order valence-electron chi connectivity index (χ3n) is 2.40. The summed E-state index contributed by atoms with van der Waals surface area (Å²) in [6, 6.07) is 4.45. The Morgan fingerprint density at radius 1 is 1.44 bits per heavy atom. The zero-order valence-electron chi connectivity index (χ0n) is 10.9. The first kappa shape index (κ1) is 14.2. The SMILES string of the molecule is CCOC(C)(C)CNc1cc(N)cc([N+](=O)[O-])c1. The molecule has 0 aliphatic rings. The minimum absolute atomic E-state index is 0.0216. The second-order valence-electron chi connectivity index (χ2n) is 4.62. The van der Waals surface area contributed by atoms with Crippen molar-refractivity contribution in [2.75, 3.05) is 24.2 Å². The molecule has 0 fully saturated rings. The van der Waals surface area contributed by atoms with Crippen LogP contribution in [0.1, 0.15) is 20.8 Å². The van der Waals surface area contributed by atoms with E-state index in [0.29, 0.717) is 24.5 Å². The Morgan fingerprint density at radius 2 is 2.11 bits per heavy atom. The van der Waals surface area contributed by atoms with Gasteiger partial charge in [-0.05, 0) is 26.8 Å². The summed E-state index contributed by atoms with van der Waals surface area (Å²) in [7, 11) is 0. The van der Waals surface area contributed by atoms with E-state index in [1.54, 1.807) is 6.07 Å². The standard InChI is InChI=1S/C12H19N3O3/c1-4-18-12(2,3)8-14-10-5-9(13)6-11(7-10)15(16)17/h5-7,14H,4,8,13H2,1-3H3. The average Bonchev–Trinajstić information content (AvgIpc) is 2.26. The third-order valence-corrected chi connectivity index (χ3v) is 2.40. The lowest BCUT2D eigenvalue weighted by molar-refractivity contribution is -0.384. The van der Waals surface area contributed by atoms with Crippen molar-refractivity contribution in [3.05, 3.63) is 28.3 Å². The van der Waals surface area contributed by atoms with Crippen LogP contribution in [0.5, 0.6) is 0 Å². The molecule has 18 heavy (non-hydrogen) atoms. The van der Waals surface area contributed by atoms with Crippen molar-refractivity contribution >= 4 is 17.1 Å². The number of nitrogens with zero attached hydrogens (tertiary/aromatic N) is 1. The van der Waals surface area contributed by atoms with E-state index in [9.17, 15) is 10.1 Å². The maximum absolute atomic E-state index is 10.7. The molecule has 0 aromatic heterocycles. The summed E-state index contributed by atoms with van der Waals surface area (Å²) < 4.78 is 5.53. The van der Waals surface area contributed by atoms with Gasteiger partial charge in [0.15, 0.2) is 0 Å². The smallest absolute Gasteiger partial charge is 0.273 e. The van der Waals surface area contributed by atoms with Gasteiger partial charge in [-0.1, -0.05) is 0 Å². The predicted molar refractivity (Wildman–Crippen MR) is 71.7 cm³/mol. The zero-order chi connectivity index (χ0) is 13.8. The van der Waals surface area contributed by atoms with E-state index < -0.39 is 4.92 Å². The van der Waals surface area contributed by atoms with Crippen LogP contribution in [0.25, 0.3) is 0 Å². The van der Waals surface area contributed by atoms with Crippen LogP contribution in [0.3, 0.4) is 0 Å². The van der Waals surface area contributed by atoms with Crippen LogP contribution in [-0.2, 0) is 4.74 Å². The fourth-order valence-electron chi connectivity index (χ4n) is 1.60. The second-order valence-corrected chi connectivity index (χ2v) is 4.62. The second kappa shape index (κ2) is 5.68. The molecule has 0 aliphatic heterocycles. The maximum atomic E-state index is 10.7. The van der Waals surface area contributed by atoms with E-state index >= 15 is 0 Å². The molecule has 0 saturated carbocycles. The molecule has 1 aromatic carbocycles. The van der Waals surface area contributed by atoms with Gasteiger partial charge in [-0.25, -0.2) is 0 Å². The van der Waals surface area contributed by atoms with Crippen molar-refractivity contribution in [1.82, 2.24) is 0 Å². The monoisotopic (exact) mass is 253 g/mol. The zero-order valence-corrected chi connectivity index (χ0v) is 10.9. The number of nitrogens with two attached hydrogens (primary N) is 1. The van der Waals surface area contributed by atoms with Crippen LogP contribution in [0.15, 0.2) is 18.2 Å². The van der Waals surface area contributed by atoms with E-state index in [0.717, 1.165) is 0 Å². The summed E-state index contributed by atoms with van der Waals surface area (Å²) >= 11 is 0. The molecule has 0 atom stereocenters. The molecular formula is C12H19N3O3. The Bertz CT molecular complexity index is 433. The highest BCUT2D eigenvalue weighted by molar-refractivity contribution is 5.61.